The van der Waals surface area contributed by atoms with Gasteiger partial charge < -0.3 is 27.9 Å². The lowest BCUT2D eigenvalue weighted by atomic mass is 10.1. The van der Waals surface area contributed by atoms with E-state index in [2.05, 4.69) is 62.5 Å². The lowest BCUT2D eigenvalue weighted by molar-refractivity contribution is -0.870. The average molecular weight is 698 g/mol. The number of ether oxygens (including phenoxy) is 2. The summed E-state index contributed by atoms with van der Waals surface area (Å²) in [6.07, 6.45) is 33.0. The Morgan fingerprint density at radius 1 is 0.667 bits per heavy atom. The van der Waals surface area contributed by atoms with Crippen LogP contribution in [0, 0.1) is 0 Å². The molecule has 0 saturated carbocycles. The fourth-order valence-electron chi connectivity index (χ4n) is 4.47. The number of phosphoric acid groups is 1. The van der Waals surface area contributed by atoms with Gasteiger partial charge in [0, 0.05) is 12.8 Å². The van der Waals surface area contributed by atoms with Crippen LogP contribution in [0.25, 0.3) is 0 Å². The van der Waals surface area contributed by atoms with Gasteiger partial charge in [0.2, 0.25) is 0 Å². The molecule has 48 heavy (non-hydrogen) atoms. The largest absolute Gasteiger partial charge is 0.756 e. The maximum atomic E-state index is 12.6. The second-order valence-corrected chi connectivity index (χ2v) is 14.6. The molecule has 0 aromatic rings. The van der Waals surface area contributed by atoms with Crippen LogP contribution in [-0.4, -0.2) is 70.0 Å². The van der Waals surface area contributed by atoms with E-state index in [-0.39, 0.29) is 26.1 Å². The fraction of sp³-hybridized carbons (Fsp3) is 0.737. The molecule has 0 aromatic heterocycles. The van der Waals surface area contributed by atoms with E-state index < -0.39 is 32.5 Å². The highest BCUT2D eigenvalue weighted by atomic mass is 31.2. The van der Waals surface area contributed by atoms with Crippen LogP contribution in [0.3, 0.4) is 0 Å². The first-order valence-corrected chi connectivity index (χ1v) is 19.8. The average Bonchev–Trinajstić information content (AvgIpc) is 3.02. The first-order valence-electron chi connectivity index (χ1n) is 18.3. The summed E-state index contributed by atoms with van der Waals surface area (Å²) in [4.78, 5) is 37.1. The second kappa shape index (κ2) is 31.0. The van der Waals surface area contributed by atoms with Crippen molar-refractivity contribution in [1.29, 1.82) is 0 Å². The molecule has 0 rings (SSSR count). The molecule has 9 nitrogen and oxygen atoms in total. The molecule has 0 bridgehead atoms. The Kier molecular flexibility index (Phi) is 29.7. The molecule has 2 unspecified atom stereocenters. The van der Waals surface area contributed by atoms with E-state index in [4.69, 9.17) is 18.5 Å². The summed E-state index contributed by atoms with van der Waals surface area (Å²) < 4.78 is 33.6. The van der Waals surface area contributed by atoms with Crippen LogP contribution in [-0.2, 0) is 32.7 Å². The maximum absolute atomic E-state index is 12.6. The van der Waals surface area contributed by atoms with Crippen LogP contribution in [0.5, 0.6) is 0 Å². The van der Waals surface area contributed by atoms with Crippen LogP contribution < -0.4 is 4.89 Å². The summed E-state index contributed by atoms with van der Waals surface area (Å²) in [5.74, 6) is -0.875. The quantitative estimate of drug-likeness (QED) is 0.0225. The summed E-state index contributed by atoms with van der Waals surface area (Å²) >= 11 is 0. The first-order chi connectivity index (χ1) is 23.0. The van der Waals surface area contributed by atoms with Crippen LogP contribution in [0.2, 0.25) is 0 Å². The predicted octanol–water partition coefficient (Wildman–Crippen LogP) is 8.94. The summed E-state index contributed by atoms with van der Waals surface area (Å²) in [5.41, 5.74) is 0. The molecular weight excluding hydrogens is 629 g/mol. The van der Waals surface area contributed by atoms with Gasteiger partial charge in [-0.15, -0.1) is 0 Å². The van der Waals surface area contributed by atoms with E-state index in [0.717, 1.165) is 77.0 Å². The number of hydrogen-bond donors (Lipinski definition) is 0. The summed E-state index contributed by atoms with van der Waals surface area (Å²) in [7, 11) is 1.14. The van der Waals surface area contributed by atoms with Crippen molar-refractivity contribution in [3.05, 3.63) is 48.6 Å². The molecule has 0 N–H and O–H groups in total. The van der Waals surface area contributed by atoms with E-state index >= 15 is 0 Å². The minimum atomic E-state index is -4.62. The zero-order chi connectivity index (χ0) is 35.8. The molecule has 0 saturated heterocycles. The Morgan fingerprint density at radius 3 is 1.77 bits per heavy atom. The summed E-state index contributed by atoms with van der Waals surface area (Å²) in [5, 5.41) is 0. The van der Waals surface area contributed by atoms with Gasteiger partial charge in [-0.3, -0.25) is 14.2 Å². The van der Waals surface area contributed by atoms with Crippen molar-refractivity contribution in [3.63, 3.8) is 0 Å². The molecular formula is C38H68NO8P. The van der Waals surface area contributed by atoms with Gasteiger partial charge in [0.15, 0.2) is 6.10 Å². The molecule has 10 heteroatoms. The number of hydrogen-bond acceptors (Lipinski definition) is 8. The molecule has 0 aliphatic carbocycles. The van der Waals surface area contributed by atoms with Gasteiger partial charge in [-0.05, 0) is 51.4 Å². The molecule has 0 fully saturated rings. The normalized spacial score (nSPS) is 14.4. The van der Waals surface area contributed by atoms with Crippen molar-refractivity contribution in [2.45, 2.75) is 136 Å². The number of quaternary nitrogens is 1. The standard InChI is InChI=1S/C38H68NO8P/c1-6-8-10-12-14-15-16-17-18-19-20-21-22-23-25-27-29-31-38(41)47-36(35-46-48(42,43)45-33-32-39(3,4)5)34-44-37(40)30-28-26-24-13-11-9-7-2/h8,10,14-15,17-18,20-21,36H,6-7,9,11-13,16,19,22-35H2,1-5H3/b10-8-,15-14-,18-17-,21-20-. The minimum Gasteiger partial charge on any atom is -0.756 e. The lowest BCUT2D eigenvalue weighted by Crippen LogP contribution is -2.37. The zero-order valence-corrected chi connectivity index (χ0v) is 31.8. The van der Waals surface area contributed by atoms with Gasteiger partial charge in [-0.2, -0.15) is 0 Å². The highest BCUT2D eigenvalue weighted by Crippen LogP contribution is 2.38. The van der Waals surface area contributed by atoms with Crippen molar-refractivity contribution in [2.75, 3.05) is 47.5 Å². The summed E-state index contributed by atoms with van der Waals surface area (Å²) in [6.45, 7) is 4.00. The zero-order valence-electron chi connectivity index (χ0n) is 30.9. The summed E-state index contributed by atoms with van der Waals surface area (Å²) in [6, 6.07) is 0. The fourth-order valence-corrected chi connectivity index (χ4v) is 5.19. The molecule has 0 heterocycles. The van der Waals surface area contributed by atoms with Gasteiger partial charge >= 0.3 is 11.9 Å². The van der Waals surface area contributed by atoms with E-state index in [9.17, 15) is 19.0 Å². The van der Waals surface area contributed by atoms with Crippen molar-refractivity contribution in [1.82, 2.24) is 0 Å². The van der Waals surface area contributed by atoms with Crippen molar-refractivity contribution in [2.24, 2.45) is 0 Å². The highest BCUT2D eigenvalue weighted by Gasteiger charge is 2.21. The van der Waals surface area contributed by atoms with E-state index in [1.807, 2.05) is 21.1 Å². The van der Waals surface area contributed by atoms with Crippen molar-refractivity contribution < 1.29 is 42.1 Å². The van der Waals surface area contributed by atoms with Crippen LogP contribution >= 0.6 is 7.82 Å². The Morgan fingerprint density at radius 2 is 1.19 bits per heavy atom. The molecule has 0 spiro atoms. The number of likely N-dealkylation sites (N-methyl/N-ethyl adjacent to an activating group) is 1. The number of phosphoric ester groups is 1. The molecule has 2 atom stereocenters. The van der Waals surface area contributed by atoms with Gasteiger partial charge in [-0.1, -0.05) is 114 Å². The highest BCUT2D eigenvalue weighted by molar-refractivity contribution is 7.45. The molecule has 0 radical (unpaired) electrons. The monoisotopic (exact) mass is 697 g/mol. The molecule has 278 valence electrons. The van der Waals surface area contributed by atoms with E-state index in [1.54, 1.807) is 0 Å². The first kappa shape index (κ1) is 46.0. The van der Waals surface area contributed by atoms with Gasteiger partial charge in [0.25, 0.3) is 7.82 Å². The number of carbonyl (C=O) groups is 2. The van der Waals surface area contributed by atoms with Gasteiger partial charge in [-0.25, -0.2) is 0 Å². The molecule has 0 aliphatic heterocycles. The molecule has 0 aliphatic rings. The molecule has 0 aromatic carbocycles. The van der Waals surface area contributed by atoms with Crippen LogP contribution in [0.4, 0.5) is 0 Å². The number of nitrogens with zero attached hydrogens (tertiary/aromatic N) is 1. The Hall–Kier alpha value is -2.03. The van der Waals surface area contributed by atoms with Crippen molar-refractivity contribution in [3.8, 4) is 0 Å². The van der Waals surface area contributed by atoms with Crippen molar-refractivity contribution >= 4 is 19.8 Å². The lowest BCUT2D eigenvalue weighted by Gasteiger charge is -2.28. The smallest absolute Gasteiger partial charge is 0.306 e. The van der Waals surface area contributed by atoms with E-state index in [0.29, 0.717) is 17.4 Å². The Balaban J connectivity index is 4.46. The molecule has 0 amide bonds. The number of unbranched alkanes of at least 4 members (excludes halogenated alkanes) is 10. The number of allylic oxidation sites excluding steroid dienone is 8. The third-order valence-corrected chi connectivity index (χ3v) is 8.33. The third kappa shape index (κ3) is 33.9. The topological polar surface area (TPSA) is 111 Å². The second-order valence-electron chi connectivity index (χ2n) is 13.2. The minimum absolute atomic E-state index is 0.0373. The number of carbonyl (C=O) groups excluding carboxylic acids is 2. The third-order valence-electron chi connectivity index (χ3n) is 7.36. The van der Waals surface area contributed by atoms with Crippen LogP contribution in [0.15, 0.2) is 48.6 Å². The van der Waals surface area contributed by atoms with Gasteiger partial charge in [0.05, 0.1) is 27.7 Å². The maximum Gasteiger partial charge on any atom is 0.306 e. The predicted molar refractivity (Wildman–Crippen MR) is 194 cm³/mol. The number of rotatable bonds is 32. The van der Waals surface area contributed by atoms with Crippen LogP contribution in [0.1, 0.15) is 129 Å². The Bertz CT molecular complexity index is 970. The number of esters is 2. The van der Waals surface area contributed by atoms with E-state index in [1.165, 1.54) is 19.3 Å². The van der Waals surface area contributed by atoms with Gasteiger partial charge in [0.1, 0.15) is 19.8 Å². The SMILES string of the molecule is CC/C=C\C/C=C\C/C=C\C/C=C\CCCCCCC(=O)OC(COC(=O)CCCCCCCCC)COP(=O)([O-])OCC[N+](C)(C)C. The Labute approximate surface area is 293 Å².